The summed E-state index contributed by atoms with van der Waals surface area (Å²) in [6, 6.07) is 16.8. The minimum atomic E-state index is -4.79. The Morgan fingerprint density at radius 2 is 1.72 bits per heavy atom. The molecule has 47 heavy (non-hydrogen) atoms. The van der Waals surface area contributed by atoms with Crippen LogP contribution in [0, 0.1) is 16.9 Å². The third-order valence-corrected chi connectivity index (χ3v) is 8.16. The molecule has 10 nitrogen and oxygen atoms in total. The average molecular weight is 665 g/mol. The highest BCUT2D eigenvalue weighted by molar-refractivity contribution is 7.80. The van der Waals surface area contributed by atoms with Crippen molar-refractivity contribution < 1.29 is 22.8 Å². The molecule has 0 saturated heterocycles. The second kappa shape index (κ2) is 14.8. The predicted octanol–water partition coefficient (Wildman–Crippen LogP) is 7.77. The number of nitrogens with one attached hydrogen (secondary N) is 3. The van der Waals surface area contributed by atoms with Crippen molar-refractivity contribution in [1.29, 1.82) is 10.8 Å². The maximum Gasteiger partial charge on any atom is 0.417 e. The molecule has 0 aromatic heterocycles. The van der Waals surface area contributed by atoms with Gasteiger partial charge in [-0.3, -0.25) is 20.7 Å². The van der Waals surface area contributed by atoms with Crippen LogP contribution in [0.3, 0.4) is 0 Å². The predicted molar refractivity (Wildman–Crippen MR) is 175 cm³/mol. The van der Waals surface area contributed by atoms with Crippen LogP contribution in [0.5, 0.6) is 0 Å². The molecule has 14 heteroatoms. The molecule has 3 amide bonds. The van der Waals surface area contributed by atoms with E-state index in [2.05, 4.69) is 33.4 Å². The fourth-order valence-corrected chi connectivity index (χ4v) is 5.58. The highest BCUT2D eigenvalue weighted by atomic mass is 32.1. The molecule has 1 fully saturated rings. The Balaban J connectivity index is 1.61. The van der Waals surface area contributed by atoms with E-state index in [1.165, 1.54) is 49.6 Å². The quantitative estimate of drug-likeness (QED) is 0.0547. The Kier molecular flexibility index (Phi) is 11.0. The van der Waals surface area contributed by atoms with Gasteiger partial charge in [-0.05, 0) is 80.1 Å². The number of urea groups is 1. The number of hydrogen-bond donors (Lipinski definition) is 5. The first-order valence-corrected chi connectivity index (χ1v) is 15.3. The molecule has 1 aliphatic carbocycles. The molecule has 5 N–H and O–H groups in total. The number of amides is 3. The van der Waals surface area contributed by atoms with Crippen molar-refractivity contribution in [2.75, 3.05) is 4.90 Å². The molecule has 1 atom stereocenters. The van der Waals surface area contributed by atoms with Crippen LogP contribution in [-0.4, -0.2) is 23.6 Å². The van der Waals surface area contributed by atoms with E-state index in [1.807, 2.05) is 24.3 Å². The number of aliphatic imine (C=N–C) groups is 1. The van der Waals surface area contributed by atoms with Gasteiger partial charge in [0, 0.05) is 16.1 Å². The van der Waals surface area contributed by atoms with Gasteiger partial charge in [0.2, 0.25) is 5.79 Å². The van der Waals surface area contributed by atoms with E-state index in [9.17, 15) is 22.8 Å². The topological polar surface area (TPSA) is 160 Å². The Bertz CT molecular complexity index is 1690. The summed E-state index contributed by atoms with van der Waals surface area (Å²) in [5.74, 6) is -1.63. The number of nitrogens with two attached hydrogens (primary N) is 1. The van der Waals surface area contributed by atoms with E-state index >= 15 is 0 Å². The zero-order chi connectivity index (χ0) is 34.4. The van der Waals surface area contributed by atoms with Gasteiger partial charge in [-0.1, -0.05) is 43.5 Å². The highest BCUT2D eigenvalue weighted by Gasteiger charge is 2.34. The average Bonchev–Trinajstić information content (AvgIpc) is 3.04. The van der Waals surface area contributed by atoms with Crippen molar-refractivity contribution in [2.45, 2.75) is 75.3 Å². The molecule has 0 radical (unpaired) electrons. The van der Waals surface area contributed by atoms with Crippen molar-refractivity contribution in [3.05, 3.63) is 88.5 Å². The van der Waals surface area contributed by atoms with Crippen LogP contribution in [-0.2, 0) is 12.7 Å². The van der Waals surface area contributed by atoms with E-state index in [4.69, 9.17) is 16.5 Å². The number of halogens is 3. The van der Waals surface area contributed by atoms with Gasteiger partial charge in [0.15, 0.2) is 0 Å². The van der Waals surface area contributed by atoms with Gasteiger partial charge >= 0.3 is 12.2 Å². The lowest BCUT2D eigenvalue weighted by Crippen LogP contribution is -2.51. The highest BCUT2D eigenvalue weighted by Crippen LogP contribution is 2.37. The summed E-state index contributed by atoms with van der Waals surface area (Å²) in [5.41, 5.74) is 13.6. The summed E-state index contributed by atoms with van der Waals surface area (Å²) in [5, 5.41) is 17.4. The summed E-state index contributed by atoms with van der Waals surface area (Å²) in [6.07, 6.45) is 1.00. The minimum absolute atomic E-state index is 0.00335. The molecule has 246 valence electrons. The zero-order valence-corrected chi connectivity index (χ0v) is 26.8. The molecule has 0 aliphatic heterocycles. The minimum Gasteiger partial charge on any atom is -0.314 e. The molecule has 1 aliphatic rings. The molecule has 3 aromatic carbocycles. The van der Waals surface area contributed by atoms with Crippen LogP contribution in [0.2, 0.25) is 0 Å². The maximum atomic E-state index is 13.7. The van der Waals surface area contributed by atoms with Crippen molar-refractivity contribution in [3.63, 3.8) is 0 Å². The molecule has 3 aromatic rings. The Morgan fingerprint density at radius 3 is 2.30 bits per heavy atom. The van der Waals surface area contributed by atoms with E-state index < -0.39 is 35.0 Å². The van der Waals surface area contributed by atoms with Crippen molar-refractivity contribution in [1.82, 2.24) is 10.6 Å². The number of alkyl halides is 3. The number of carbonyl (C=O) groups excluding carboxylic acids is 2. The molecule has 4 rings (SSSR count). The second-order valence-corrected chi connectivity index (χ2v) is 12.0. The van der Waals surface area contributed by atoms with Crippen LogP contribution in [0.1, 0.15) is 84.5 Å². The van der Waals surface area contributed by atoms with E-state index in [0.29, 0.717) is 17.2 Å². The molecule has 0 bridgehead atoms. The first-order valence-electron chi connectivity index (χ1n) is 14.9. The zero-order valence-electron chi connectivity index (χ0n) is 25.9. The van der Waals surface area contributed by atoms with E-state index in [0.717, 1.165) is 25.0 Å². The number of carbonyl (C=O) groups is 2. The van der Waals surface area contributed by atoms with Crippen LogP contribution in [0.4, 0.5) is 29.3 Å². The van der Waals surface area contributed by atoms with Gasteiger partial charge in [-0.2, -0.15) is 23.5 Å². The summed E-state index contributed by atoms with van der Waals surface area (Å²) in [7, 11) is 0. The number of hydrogen-bond acceptors (Lipinski definition) is 8. The van der Waals surface area contributed by atoms with Gasteiger partial charge in [-0.25, -0.2) is 15.3 Å². The number of benzene rings is 3. The lowest BCUT2D eigenvalue weighted by atomic mass is 9.84. The second-order valence-electron chi connectivity index (χ2n) is 11.5. The lowest BCUT2D eigenvalue weighted by Gasteiger charge is -2.26. The summed E-state index contributed by atoms with van der Waals surface area (Å²) >= 11 is 4.20. The monoisotopic (exact) mass is 664 g/mol. The van der Waals surface area contributed by atoms with Crippen molar-refractivity contribution in [3.8, 4) is 6.07 Å². The normalized spacial score (nSPS) is 15.2. The maximum absolute atomic E-state index is 13.7. The van der Waals surface area contributed by atoms with Gasteiger partial charge in [0.1, 0.15) is 5.84 Å². The largest absolute Gasteiger partial charge is 0.417 e. The Morgan fingerprint density at radius 1 is 1.09 bits per heavy atom. The van der Waals surface area contributed by atoms with Crippen LogP contribution >= 0.6 is 12.6 Å². The third kappa shape index (κ3) is 9.17. The molecule has 0 spiro atoms. The standard InChI is InChI=1S/C33H35F3N8O2S/c1-20(40-28-17-27(33(34,35)36)25(18-37)16-29(28)47)41-31(46)44(26-14-12-23(13-15-26)22-6-4-3-5-7-22)19-21-8-10-24(11-9-21)30(45)42-32(2,38)43-39/h8-17,22,39,47H,3-7,19,38H2,1-2H3,(H,42,45)(H,40,41,46). The third-order valence-electron chi connectivity index (χ3n) is 7.80. The fraction of sp³-hybridized carbons (Fsp3) is 0.333. The van der Waals surface area contributed by atoms with E-state index in [1.54, 1.807) is 24.3 Å². The number of nitriles is 1. The number of nitrogens with zero attached hydrogens (tertiary/aromatic N) is 4. The summed E-state index contributed by atoms with van der Waals surface area (Å²) in [6.45, 7) is 2.89. The van der Waals surface area contributed by atoms with Gasteiger partial charge in [-0.15, -0.1) is 12.6 Å². The van der Waals surface area contributed by atoms with Gasteiger partial charge in [0.05, 0.1) is 29.4 Å². The van der Waals surface area contributed by atoms with Gasteiger partial charge < -0.3 is 5.32 Å². The summed E-state index contributed by atoms with van der Waals surface area (Å²) < 4.78 is 40.7. The smallest absolute Gasteiger partial charge is 0.314 e. The molecule has 0 heterocycles. The van der Waals surface area contributed by atoms with Crippen LogP contribution in [0.15, 0.2) is 75.7 Å². The van der Waals surface area contributed by atoms with Crippen LogP contribution < -0.4 is 21.3 Å². The lowest BCUT2D eigenvalue weighted by molar-refractivity contribution is -0.137. The Labute approximate surface area is 276 Å². The van der Waals surface area contributed by atoms with E-state index in [-0.39, 0.29) is 28.5 Å². The van der Waals surface area contributed by atoms with Gasteiger partial charge in [0.25, 0.3) is 5.91 Å². The first kappa shape index (κ1) is 35.1. The number of amidine groups is 1. The number of rotatable bonds is 8. The van der Waals surface area contributed by atoms with Crippen molar-refractivity contribution >= 4 is 41.8 Å². The molecule has 1 unspecified atom stereocenters. The van der Waals surface area contributed by atoms with Crippen LogP contribution in [0.25, 0.3) is 0 Å². The number of anilines is 1. The SMILES string of the molecule is CC(=Nc1cc(C(F)(F)F)c(C#N)cc1S)NC(=O)N(Cc1ccc(C(=O)NC(C)(N)N=N)cc1)c1ccc(C2CCCCC2)cc1. The molecule has 1 saturated carbocycles. The number of thiol groups is 1. The van der Waals surface area contributed by atoms with Crippen molar-refractivity contribution in [2.24, 2.45) is 15.8 Å². The first-order chi connectivity index (χ1) is 22.2. The molecular formula is C33H35F3N8O2S. The molecular weight excluding hydrogens is 629 g/mol. The summed E-state index contributed by atoms with van der Waals surface area (Å²) in [4.78, 5) is 31.9. The fourth-order valence-electron chi connectivity index (χ4n) is 5.34. The Hall–Kier alpha value is -4.74.